The van der Waals surface area contributed by atoms with Crippen LogP contribution >= 0.6 is 11.8 Å². The quantitative estimate of drug-likeness (QED) is 0.329. The van der Waals surface area contributed by atoms with Crippen molar-refractivity contribution in [3.05, 3.63) is 64.2 Å². The molecule has 0 saturated heterocycles. The van der Waals surface area contributed by atoms with E-state index in [1.807, 2.05) is 19.1 Å². The van der Waals surface area contributed by atoms with Crippen molar-refractivity contribution in [2.45, 2.75) is 24.7 Å². The van der Waals surface area contributed by atoms with Gasteiger partial charge in [0.2, 0.25) is 5.91 Å². The first-order chi connectivity index (χ1) is 12.0. The molecule has 0 radical (unpaired) electrons. The van der Waals surface area contributed by atoms with Crippen molar-refractivity contribution in [1.82, 2.24) is 0 Å². The molecular weight excluding hydrogens is 340 g/mol. The fraction of sp³-hybridized carbons (Fsp3) is 0.222. The highest BCUT2D eigenvalue weighted by molar-refractivity contribution is 8.00. The van der Waals surface area contributed by atoms with E-state index in [1.54, 1.807) is 18.2 Å². The standard InChI is InChI=1S/C18H18N2O4S/c1-2-5-18(22)19-14-7-4-9-16(11-14)25-12-17(21)13-6-3-8-15(10-13)20(23)24/h3-4,6-11H,2,5,12H2,1H3,(H,19,22). The van der Waals surface area contributed by atoms with Crippen molar-refractivity contribution >= 4 is 34.8 Å². The van der Waals surface area contributed by atoms with E-state index in [2.05, 4.69) is 5.32 Å². The number of thioether (sulfide) groups is 1. The molecular formula is C18H18N2O4S. The molecule has 2 rings (SSSR count). The van der Waals surface area contributed by atoms with E-state index in [1.165, 1.54) is 30.0 Å². The Morgan fingerprint density at radius 3 is 2.64 bits per heavy atom. The fourth-order valence-electron chi connectivity index (χ4n) is 2.14. The van der Waals surface area contributed by atoms with Crippen LogP contribution in [-0.2, 0) is 4.79 Å². The number of nitro groups is 1. The van der Waals surface area contributed by atoms with Gasteiger partial charge in [0, 0.05) is 34.7 Å². The minimum atomic E-state index is -0.521. The van der Waals surface area contributed by atoms with Crippen molar-refractivity contribution in [3.8, 4) is 0 Å². The molecule has 130 valence electrons. The highest BCUT2D eigenvalue weighted by Gasteiger charge is 2.12. The number of nitrogens with zero attached hydrogens (tertiary/aromatic N) is 1. The van der Waals surface area contributed by atoms with Crippen LogP contribution in [0.3, 0.4) is 0 Å². The third-order valence-corrected chi connectivity index (χ3v) is 4.34. The number of nitrogens with one attached hydrogen (secondary N) is 1. The second kappa shape index (κ2) is 8.98. The molecule has 0 spiro atoms. The van der Waals surface area contributed by atoms with Gasteiger partial charge >= 0.3 is 0 Å². The summed E-state index contributed by atoms with van der Waals surface area (Å²) in [4.78, 5) is 35.0. The molecule has 25 heavy (non-hydrogen) atoms. The Kier molecular flexibility index (Phi) is 6.71. The SMILES string of the molecule is CCCC(=O)Nc1cccc(SCC(=O)c2cccc([N+](=O)[O-])c2)c1. The lowest BCUT2D eigenvalue weighted by molar-refractivity contribution is -0.384. The lowest BCUT2D eigenvalue weighted by Crippen LogP contribution is -2.10. The summed E-state index contributed by atoms with van der Waals surface area (Å²) in [5, 5.41) is 13.6. The van der Waals surface area contributed by atoms with Crippen LogP contribution in [0.1, 0.15) is 30.1 Å². The predicted octanol–water partition coefficient (Wildman–Crippen LogP) is 4.31. The molecule has 0 aliphatic rings. The number of non-ortho nitro benzene ring substituents is 1. The van der Waals surface area contributed by atoms with Crippen LogP contribution < -0.4 is 5.32 Å². The number of hydrogen-bond acceptors (Lipinski definition) is 5. The molecule has 0 aliphatic carbocycles. The summed E-state index contributed by atoms with van der Waals surface area (Å²) in [5.74, 6) is -0.0699. The van der Waals surface area contributed by atoms with Gasteiger partial charge in [-0.25, -0.2) is 0 Å². The number of rotatable bonds is 8. The van der Waals surface area contributed by atoms with Crippen LogP contribution in [0.25, 0.3) is 0 Å². The first-order valence-electron chi connectivity index (χ1n) is 7.80. The summed E-state index contributed by atoms with van der Waals surface area (Å²) in [6.45, 7) is 1.94. The van der Waals surface area contributed by atoms with Crippen LogP contribution in [0, 0.1) is 10.1 Å². The number of amides is 1. The number of benzene rings is 2. The zero-order valence-corrected chi connectivity index (χ0v) is 14.5. The molecule has 1 amide bonds. The molecule has 0 saturated carbocycles. The Morgan fingerprint density at radius 1 is 1.16 bits per heavy atom. The molecule has 2 aromatic carbocycles. The van der Waals surface area contributed by atoms with Crippen molar-refractivity contribution in [2.75, 3.05) is 11.1 Å². The van der Waals surface area contributed by atoms with Crippen molar-refractivity contribution in [2.24, 2.45) is 0 Å². The van der Waals surface area contributed by atoms with Gasteiger partial charge in [-0.05, 0) is 24.6 Å². The van der Waals surface area contributed by atoms with Gasteiger partial charge in [-0.2, -0.15) is 0 Å². The van der Waals surface area contributed by atoms with Gasteiger partial charge in [-0.3, -0.25) is 19.7 Å². The molecule has 0 bridgehead atoms. The average molecular weight is 358 g/mol. The third-order valence-electron chi connectivity index (χ3n) is 3.34. The Labute approximate surface area is 149 Å². The van der Waals surface area contributed by atoms with E-state index in [0.29, 0.717) is 17.7 Å². The summed E-state index contributed by atoms with van der Waals surface area (Å²) in [6.07, 6.45) is 1.24. The Bertz CT molecular complexity index is 792. The average Bonchev–Trinajstić information content (AvgIpc) is 2.60. The normalized spacial score (nSPS) is 10.3. The number of Topliss-reactive ketones (excluding diaryl/α,β-unsaturated/α-hetero) is 1. The van der Waals surface area contributed by atoms with E-state index in [0.717, 1.165) is 11.3 Å². The van der Waals surface area contributed by atoms with Crippen molar-refractivity contribution < 1.29 is 14.5 Å². The summed E-state index contributed by atoms with van der Waals surface area (Å²) < 4.78 is 0. The molecule has 0 atom stereocenters. The molecule has 7 heteroatoms. The highest BCUT2D eigenvalue weighted by atomic mass is 32.2. The molecule has 0 aromatic heterocycles. The van der Waals surface area contributed by atoms with E-state index in [-0.39, 0.29) is 23.1 Å². The second-order valence-corrected chi connectivity index (χ2v) is 6.39. The molecule has 6 nitrogen and oxygen atoms in total. The van der Waals surface area contributed by atoms with E-state index in [4.69, 9.17) is 0 Å². The smallest absolute Gasteiger partial charge is 0.270 e. The zero-order chi connectivity index (χ0) is 18.2. The minimum Gasteiger partial charge on any atom is -0.326 e. The fourth-order valence-corrected chi connectivity index (χ4v) is 2.99. The number of carbonyl (C=O) groups is 2. The Balaban J connectivity index is 1.99. The molecule has 2 aromatic rings. The van der Waals surface area contributed by atoms with Crippen molar-refractivity contribution in [1.29, 1.82) is 0 Å². The van der Waals surface area contributed by atoms with Gasteiger partial charge < -0.3 is 5.32 Å². The van der Waals surface area contributed by atoms with Crippen LogP contribution in [-0.4, -0.2) is 22.4 Å². The van der Waals surface area contributed by atoms with Crippen molar-refractivity contribution in [3.63, 3.8) is 0 Å². The highest BCUT2D eigenvalue weighted by Crippen LogP contribution is 2.23. The topological polar surface area (TPSA) is 89.3 Å². The number of carbonyl (C=O) groups excluding carboxylic acids is 2. The van der Waals surface area contributed by atoms with Crippen LogP contribution in [0.15, 0.2) is 53.4 Å². The summed E-state index contributed by atoms with van der Waals surface area (Å²) >= 11 is 1.32. The Hall–Kier alpha value is -2.67. The lowest BCUT2D eigenvalue weighted by Gasteiger charge is -2.07. The second-order valence-electron chi connectivity index (χ2n) is 5.35. The van der Waals surface area contributed by atoms with Crippen LogP contribution in [0.5, 0.6) is 0 Å². The van der Waals surface area contributed by atoms with E-state index >= 15 is 0 Å². The van der Waals surface area contributed by atoms with Gasteiger partial charge in [0.25, 0.3) is 5.69 Å². The number of anilines is 1. The minimum absolute atomic E-state index is 0.0441. The zero-order valence-electron chi connectivity index (χ0n) is 13.7. The van der Waals surface area contributed by atoms with E-state index < -0.39 is 4.92 Å². The first-order valence-corrected chi connectivity index (χ1v) is 8.78. The monoisotopic (exact) mass is 358 g/mol. The maximum Gasteiger partial charge on any atom is 0.270 e. The molecule has 0 heterocycles. The molecule has 1 N–H and O–H groups in total. The number of nitro benzene ring substituents is 1. The molecule has 0 unspecified atom stereocenters. The van der Waals surface area contributed by atoms with Crippen LogP contribution in [0.4, 0.5) is 11.4 Å². The van der Waals surface area contributed by atoms with Gasteiger partial charge in [-0.15, -0.1) is 11.8 Å². The summed E-state index contributed by atoms with van der Waals surface area (Å²) in [7, 11) is 0. The maximum absolute atomic E-state index is 12.2. The molecule has 0 aliphatic heterocycles. The van der Waals surface area contributed by atoms with Gasteiger partial charge in [-0.1, -0.05) is 25.1 Å². The first kappa shape index (κ1) is 18.7. The Morgan fingerprint density at radius 2 is 1.92 bits per heavy atom. The lowest BCUT2D eigenvalue weighted by atomic mass is 10.1. The van der Waals surface area contributed by atoms with Gasteiger partial charge in [0.15, 0.2) is 5.78 Å². The number of ketones is 1. The number of hydrogen-bond donors (Lipinski definition) is 1. The van der Waals surface area contributed by atoms with Crippen LogP contribution in [0.2, 0.25) is 0 Å². The maximum atomic E-state index is 12.2. The predicted molar refractivity (Wildman–Crippen MR) is 98.1 cm³/mol. The summed E-state index contributed by atoms with van der Waals surface area (Å²) in [5.41, 5.74) is 0.900. The summed E-state index contributed by atoms with van der Waals surface area (Å²) in [6, 6.07) is 13.0. The van der Waals surface area contributed by atoms with Gasteiger partial charge in [0.05, 0.1) is 10.7 Å². The third kappa shape index (κ3) is 5.72. The molecule has 0 fully saturated rings. The van der Waals surface area contributed by atoms with E-state index in [9.17, 15) is 19.7 Å². The largest absolute Gasteiger partial charge is 0.326 e. The van der Waals surface area contributed by atoms with Gasteiger partial charge in [0.1, 0.15) is 0 Å².